The molecule has 1 aromatic carbocycles. The molecule has 3 aromatic rings. The summed E-state index contributed by atoms with van der Waals surface area (Å²) in [6, 6.07) is 9.00. The second-order valence-electron chi connectivity index (χ2n) is 6.28. The van der Waals surface area contributed by atoms with E-state index in [1.54, 1.807) is 13.8 Å². The van der Waals surface area contributed by atoms with Crippen LogP contribution in [-0.2, 0) is 20.7 Å². The van der Waals surface area contributed by atoms with Gasteiger partial charge in [0.2, 0.25) is 5.91 Å². The van der Waals surface area contributed by atoms with E-state index in [1.807, 2.05) is 52.5 Å². The average molecular weight is 371 g/mol. The number of hydrogen-bond acceptors (Lipinski definition) is 5. The molecule has 2 aromatic heterocycles. The number of fused-ring (bicyclic) bond motifs is 1. The number of amides is 1. The Morgan fingerprint density at radius 1 is 1.27 bits per heavy atom. The normalized spacial score (nSPS) is 12.3. The molecule has 1 atom stereocenters. The fraction of sp³-hybridized carbons (Fsp3) is 0.316. The predicted molar refractivity (Wildman–Crippen MR) is 99.9 cm³/mol. The van der Waals surface area contributed by atoms with E-state index in [0.717, 1.165) is 10.5 Å². The van der Waals surface area contributed by atoms with Crippen LogP contribution in [0.4, 0.5) is 0 Å². The van der Waals surface area contributed by atoms with Crippen LogP contribution in [0.25, 0.3) is 4.96 Å². The van der Waals surface area contributed by atoms with Crippen molar-refractivity contribution in [1.29, 1.82) is 0 Å². The maximum atomic E-state index is 12.5. The second-order valence-corrected chi connectivity index (χ2v) is 7.15. The number of hydrogen-bond donors (Lipinski definition) is 1. The third-order valence-electron chi connectivity index (χ3n) is 3.76. The molecule has 7 heteroatoms. The number of carbonyl (C=O) groups excluding carboxylic acids is 2. The highest BCUT2D eigenvalue weighted by atomic mass is 32.1. The Labute approximate surface area is 155 Å². The Bertz CT molecular complexity index is 857. The lowest BCUT2D eigenvalue weighted by Gasteiger charge is -2.19. The molecule has 0 aliphatic carbocycles. The van der Waals surface area contributed by atoms with E-state index < -0.39 is 6.04 Å². The first-order valence-electron chi connectivity index (χ1n) is 8.46. The van der Waals surface area contributed by atoms with Crippen molar-refractivity contribution in [2.24, 2.45) is 0 Å². The van der Waals surface area contributed by atoms with E-state index in [2.05, 4.69) is 10.3 Å². The van der Waals surface area contributed by atoms with Gasteiger partial charge in [-0.05, 0) is 19.4 Å². The highest BCUT2D eigenvalue weighted by Gasteiger charge is 2.20. The monoisotopic (exact) mass is 371 g/mol. The lowest BCUT2D eigenvalue weighted by Crippen LogP contribution is -2.32. The van der Waals surface area contributed by atoms with Gasteiger partial charge in [0, 0.05) is 17.8 Å². The summed E-state index contributed by atoms with van der Waals surface area (Å²) in [6.45, 7) is 3.61. The van der Waals surface area contributed by atoms with Crippen LogP contribution in [0.5, 0.6) is 0 Å². The first-order chi connectivity index (χ1) is 12.5. The fourth-order valence-electron chi connectivity index (χ4n) is 2.69. The molecule has 136 valence electrons. The van der Waals surface area contributed by atoms with Gasteiger partial charge in [-0.1, -0.05) is 30.3 Å². The maximum Gasteiger partial charge on any atom is 0.308 e. The summed E-state index contributed by atoms with van der Waals surface area (Å²) in [4.78, 5) is 29.8. The molecular formula is C19H21N3O3S. The highest BCUT2D eigenvalue weighted by molar-refractivity contribution is 7.15. The van der Waals surface area contributed by atoms with Gasteiger partial charge < -0.3 is 10.1 Å². The van der Waals surface area contributed by atoms with Crippen LogP contribution in [0.1, 0.15) is 37.6 Å². The lowest BCUT2D eigenvalue weighted by molar-refractivity contribution is -0.148. The van der Waals surface area contributed by atoms with Gasteiger partial charge in [0.25, 0.3) is 0 Å². The van der Waals surface area contributed by atoms with Crippen LogP contribution in [0.15, 0.2) is 48.1 Å². The number of nitrogens with one attached hydrogen (secondary N) is 1. The number of imidazole rings is 1. The third-order valence-corrected chi connectivity index (χ3v) is 4.53. The molecule has 0 radical (unpaired) electrons. The number of ether oxygens (including phenoxy) is 1. The van der Waals surface area contributed by atoms with Gasteiger partial charge in [-0.2, -0.15) is 0 Å². The van der Waals surface area contributed by atoms with Crippen molar-refractivity contribution in [1.82, 2.24) is 14.7 Å². The average Bonchev–Trinajstić information content (AvgIpc) is 3.15. The van der Waals surface area contributed by atoms with Gasteiger partial charge in [0.05, 0.1) is 30.7 Å². The molecule has 0 aliphatic heterocycles. The number of carbonyl (C=O) groups is 2. The molecule has 0 saturated carbocycles. The third kappa shape index (κ3) is 4.70. The Morgan fingerprint density at radius 3 is 2.73 bits per heavy atom. The van der Waals surface area contributed by atoms with Gasteiger partial charge in [-0.15, -0.1) is 11.3 Å². The first-order valence-corrected chi connectivity index (χ1v) is 9.34. The number of benzene rings is 1. The van der Waals surface area contributed by atoms with Crippen molar-refractivity contribution >= 4 is 28.2 Å². The molecule has 3 rings (SSSR count). The standard InChI is InChI=1S/C19H21N3O3S/c1-13(2)25-18(24)11-16(14-6-4-3-5-7-14)21-17(23)10-15-12-22-8-9-26-19(22)20-15/h3-9,12-13,16H,10-11H2,1-2H3,(H,21,23). The summed E-state index contributed by atoms with van der Waals surface area (Å²) in [7, 11) is 0. The van der Waals surface area contributed by atoms with Gasteiger partial charge in [0.1, 0.15) is 0 Å². The second kappa shape index (κ2) is 8.14. The number of nitrogens with zero attached hydrogens (tertiary/aromatic N) is 2. The van der Waals surface area contributed by atoms with Crippen molar-refractivity contribution in [3.8, 4) is 0 Å². The van der Waals surface area contributed by atoms with Gasteiger partial charge in [0.15, 0.2) is 4.96 Å². The Morgan fingerprint density at radius 2 is 2.04 bits per heavy atom. The van der Waals surface area contributed by atoms with Gasteiger partial charge >= 0.3 is 5.97 Å². The molecule has 6 nitrogen and oxygen atoms in total. The highest BCUT2D eigenvalue weighted by Crippen LogP contribution is 2.18. The van der Waals surface area contributed by atoms with Crippen LogP contribution < -0.4 is 5.32 Å². The van der Waals surface area contributed by atoms with E-state index in [4.69, 9.17) is 4.74 Å². The molecule has 0 spiro atoms. The van der Waals surface area contributed by atoms with Crippen LogP contribution in [0.2, 0.25) is 0 Å². The SMILES string of the molecule is CC(C)OC(=O)CC(NC(=O)Cc1cn2ccsc2n1)c1ccccc1. The predicted octanol–water partition coefficient (Wildman–Crippen LogP) is 3.14. The summed E-state index contributed by atoms with van der Waals surface area (Å²) in [5.74, 6) is -0.515. The van der Waals surface area contributed by atoms with Crippen molar-refractivity contribution < 1.29 is 14.3 Å². The molecule has 0 bridgehead atoms. The quantitative estimate of drug-likeness (QED) is 0.648. The summed E-state index contributed by atoms with van der Waals surface area (Å²) >= 11 is 1.52. The molecule has 1 amide bonds. The lowest BCUT2D eigenvalue weighted by atomic mass is 10.0. The van der Waals surface area contributed by atoms with Gasteiger partial charge in [-0.25, -0.2) is 4.98 Å². The Balaban J connectivity index is 1.68. The van der Waals surface area contributed by atoms with E-state index >= 15 is 0 Å². The molecule has 0 saturated heterocycles. The van der Waals surface area contributed by atoms with E-state index in [9.17, 15) is 9.59 Å². The zero-order valence-corrected chi connectivity index (χ0v) is 15.5. The van der Waals surface area contributed by atoms with Crippen LogP contribution >= 0.6 is 11.3 Å². The van der Waals surface area contributed by atoms with E-state index in [0.29, 0.717) is 5.69 Å². The largest absolute Gasteiger partial charge is 0.463 e. The van der Waals surface area contributed by atoms with E-state index in [1.165, 1.54) is 11.3 Å². The smallest absolute Gasteiger partial charge is 0.308 e. The van der Waals surface area contributed by atoms with E-state index in [-0.39, 0.29) is 30.8 Å². The molecule has 1 unspecified atom stereocenters. The maximum absolute atomic E-state index is 12.5. The molecular weight excluding hydrogens is 350 g/mol. The minimum absolute atomic E-state index is 0.0895. The van der Waals surface area contributed by atoms with Crippen molar-refractivity contribution in [2.45, 2.75) is 38.8 Å². The van der Waals surface area contributed by atoms with Crippen LogP contribution in [-0.4, -0.2) is 27.4 Å². The molecule has 0 aliphatic rings. The molecule has 1 N–H and O–H groups in total. The Hall–Kier alpha value is -2.67. The number of esters is 1. The zero-order valence-electron chi connectivity index (χ0n) is 14.7. The number of rotatable bonds is 7. The fourth-order valence-corrected chi connectivity index (χ4v) is 3.41. The van der Waals surface area contributed by atoms with Crippen molar-refractivity contribution in [3.63, 3.8) is 0 Å². The number of thiazole rings is 1. The van der Waals surface area contributed by atoms with Crippen molar-refractivity contribution in [2.75, 3.05) is 0 Å². The zero-order chi connectivity index (χ0) is 18.5. The van der Waals surface area contributed by atoms with Crippen LogP contribution in [0, 0.1) is 0 Å². The summed E-state index contributed by atoms with van der Waals surface area (Å²) in [6.07, 6.45) is 3.82. The molecule has 0 fully saturated rings. The van der Waals surface area contributed by atoms with Gasteiger partial charge in [-0.3, -0.25) is 14.0 Å². The summed E-state index contributed by atoms with van der Waals surface area (Å²) in [5, 5.41) is 4.88. The Kier molecular flexibility index (Phi) is 5.68. The summed E-state index contributed by atoms with van der Waals surface area (Å²) in [5.41, 5.74) is 1.57. The minimum Gasteiger partial charge on any atom is -0.463 e. The van der Waals surface area contributed by atoms with Crippen LogP contribution in [0.3, 0.4) is 0 Å². The molecule has 2 heterocycles. The van der Waals surface area contributed by atoms with Crippen molar-refractivity contribution in [3.05, 3.63) is 59.4 Å². The molecule has 26 heavy (non-hydrogen) atoms. The minimum atomic E-state index is -0.432. The summed E-state index contributed by atoms with van der Waals surface area (Å²) < 4.78 is 7.12. The topological polar surface area (TPSA) is 72.7 Å². The number of aromatic nitrogens is 2. The first kappa shape index (κ1) is 18.1.